The van der Waals surface area contributed by atoms with Gasteiger partial charge in [-0.05, 0) is 69.6 Å². The Kier molecular flexibility index (Phi) is 7.62. The van der Waals surface area contributed by atoms with Crippen molar-refractivity contribution in [1.29, 1.82) is 0 Å². The highest BCUT2D eigenvalue weighted by atomic mass is 16.1. The van der Waals surface area contributed by atoms with Crippen LogP contribution in [0.2, 0.25) is 0 Å². The quantitative estimate of drug-likeness (QED) is 0.510. The van der Waals surface area contributed by atoms with Crippen molar-refractivity contribution in [2.45, 2.75) is 33.6 Å². The number of carbonyl (C=O) groups is 1. The summed E-state index contributed by atoms with van der Waals surface area (Å²) in [7, 11) is 0. The average Bonchev–Trinajstić information content (AvgIpc) is 3.45. The molecule has 1 aliphatic heterocycles. The van der Waals surface area contributed by atoms with Crippen LogP contribution in [0.15, 0.2) is 48.8 Å². The molecule has 1 aliphatic rings. The Balaban J connectivity index is 1.42. The van der Waals surface area contributed by atoms with E-state index in [2.05, 4.69) is 41.1 Å². The van der Waals surface area contributed by atoms with Crippen LogP contribution < -0.4 is 5.32 Å². The van der Waals surface area contributed by atoms with Gasteiger partial charge >= 0.3 is 0 Å². The Morgan fingerprint density at radius 1 is 1.00 bits per heavy atom. The van der Waals surface area contributed by atoms with Gasteiger partial charge in [0.15, 0.2) is 5.82 Å². The molecule has 2 aromatic heterocycles. The summed E-state index contributed by atoms with van der Waals surface area (Å²) in [6.07, 6.45) is 6.08. The van der Waals surface area contributed by atoms with Crippen LogP contribution in [0.1, 0.15) is 41.4 Å². The van der Waals surface area contributed by atoms with Gasteiger partial charge in [0.2, 0.25) is 0 Å². The van der Waals surface area contributed by atoms with E-state index in [0.29, 0.717) is 12.1 Å². The number of hydrogen-bond acceptors (Lipinski definition) is 4. The van der Waals surface area contributed by atoms with E-state index in [1.54, 1.807) is 0 Å². The van der Waals surface area contributed by atoms with Gasteiger partial charge in [0.05, 0.1) is 11.4 Å². The summed E-state index contributed by atoms with van der Waals surface area (Å²) < 4.78 is 3.83. The molecule has 1 amide bonds. The number of benzene rings is 1. The van der Waals surface area contributed by atoms with Gasteiger partial charge in [-0.2, -0.15) is 5.10 Å². The number of nitrogens with zero attached hydrogens (tertiary/aromatic N) is 5. The molecule has 0 unspecified atom stereocenters. The molecule has 1 fully saturated rings. The Morgan fingerprint density at radius 3 is 2.36 bits per heavy atom. The number of aryl methyl sites for hydroxylation is 2. The molecule has 0 aliphatic carbocycles. The van der Waals surface area contributed by atoms with E-state index in [4.69, 9.17) is 5.10 Å². The maximum absolute atomic E-state index is 13.3. The van der Waals surface area contributed by atoms with Gasteiger partial charge in [-0.3, -0.25) is 4.79 Å². The molecule has 0 atom stereocenters. The van der Waals surface area contributed by atoms with Crippen LogP contribution in [0.5, 0.6) is 0 Å². The van der Waals surface area contributed by atoms with Gasteiger partial charge in [0, 0.05) is 45.1 Å². The van der Waals surface area contributed by atoms with Crippen molar-refractivity contribution in [3.63, 3.8) is 0 Å². The zero-order valence-corrected chi connectivity index (χ0v) is 20.1. The third-order valence-electron chi connectivity index (χ3n) is 6.30. The van der Waals surface area contributed by atoms with Crippen LogP contribution >= 0.6 is 0 Å². The molecule has 0 saturated carbocycles. The van der Waals surface area contributed by atoms with Gasteiger partial charge in [-0.25, -0.2) is 4.68 Å². The SMILES string of the molecule is CCCN1CCN(CCCNC(=O)c2c(C)nn(-c3cccc(C)c3)c2-n2cccc2)CC1. The maximum atomic E-state index is 13.3. The molecule has 7 nitrogen and oxygen atoms in total. The van der Waals surface area contributed by atoms with Crippen LogP contribution in [0.3, 0.4) is 0 Å². The molecule has 3 heterocycles. The molecule has 0 spiro atoms. The number of carbonyl (C=O) groups excluding carboxylic acids is 1. The van der Waals surface area contributed by atoms with Crippen molar-refractivity contribution < 1.29 is 4.79 Å². The van der Waals surface area contributed by atoms with Crippen molar-refractivity contribution in [3.05, 3.63) is 65.6 Å². The maximum Gasteiger partial charge on any atom is 0.256 e. The number of nitrogens with one attached hydrogen (secondary N) is 1. The van der Waals surface area contributed by atoms with Gasteiger partial charge in [0.1, 0.15) is 5.56 Å². The molecule has 1 N–H and O–H groups in total. The second-order valence-electron chi connectivity index (χ2n) is 8.92. The van der Waals surface area contributed by atoms with Crippen molar-refractivity contribution in [2.75, 3.05) is 45.8 Å². The lowest BCUT2D eigenvalue weighted by Crippen LogP contribution is -2.47. The minimum absolute atomic E-state index is 0.0668. The Hall–Kier alpha value is -2.90. The van der Waals surface area contributed by atoms with Crippen molar-refractivity contribution in [1.82, 2.24) is 29.5 Å². The zero-order chi connectivity index (χ0) is 23.2. The first-order valence-electron chi connectivity index (χ1n) is 12.1. The fourth-order valence-electron chi connectivity index (χ4n) is 4.58. The fourth-order valence-corrected chi connectivity index (χ4v) is 4.58. The molecule has 1 aromatic carbocycles. The predicted molar refractivity (Wildman–Crippen MR) is 132 cm³/mol. The summed E-state index contributed by atoms with van der Waals surface area (Å²) in [6, 6.07) is 12.1. The van der Waals surface area contributed by atoms with Crippen LogP contribution in [-0.2, 0) is 0 Å². The lowest BCUT2D eigenvalue weighted by atomic mass is 10.2. The Labute approximate surface area is 197 Å². The highest BCUT2D eigenvalue weighted by Gasteiger charge is 2.23. The second-order valence-corrected chi connectivity index (χ2v) is 8.92. The minimum atomic E-state index is -0.0668. The minimum Gasteiger partial charge on any atom is -0.352 e. The summed E-state index contributed by atoms with van der Waals surface area (Å²) in [6.45, 7) is 13.6. The molecule has 176 valence electrons. The number of rotatable bonds is 9. The van der Waals surface area contributed by atoms with Crippen LogP contribution in [-0.4, -0.2) is 75.9 Å². The summed E-state index contributed by atoms with van der Waals surface area (Å²) in [5.74, 6) is 0.704. The lowest BCUT2D eigenvalue weighted by Gasteiger charge is -2.34. The van der Waals surface area contributed by atoms with Gasteiger partial charge in [-0.1, -0.05) is 19.1 Å². The molecule has 1 saturated heterocycles. The van der Waals surface area contributed by atoms with Gasteiger partial charge < -0.3 is 19.7 Å². The zero-order valence-electron chi connectivity index (χ0n) is 20.1. The monoisotopic (exact) mass is 448 g/mol. The molecular weight excluding hydrogens is 412 g/mol. The van der Waals surface area contributed by atoms with Gasteiger partial charge in [0.25, 0.3) is 5.91 Å². The van der Waals surface area contributed by atoms with E-state index in [0.717, 1.165) is 61.9 Å². The number of hydrogen-bond donors (Lipinski definition) is 1. The number of amides is 1. The van der Waals surface area contributed by atoms with E-state index in [1.165, 1.54) is 13.0 Å². The molecular formula is C26H36N6O. The Morgan fingerprint density at radius 2 is 1.70 bits per heavy atom. The van der Waals surface area contributed by atoms with Crippen LogP contribution in [0, 0.1) is 13.8 Å². The van der Waals surface area contributed by atoms with Gasteiger partial charge in [-0.15, -0.1) is 0 Å². The first-order valence-corrected chi connectivity index (χ1v) is 12.1. The summed E-state index contributed by atoms with van der Waals surface area (Å²) in [5.41, 5.74) is 3.45. The first kappa shape index (κ1) is 23.3. The fraction of sp³-hybridized carbons (Fsp3) is 0.462. The van der Waals surface area contributed by atoms with Crippen LogP contribution in [0.4, 0.5) is 0 Å². The second kappa shape index (κ2) is 10.8. The largest absolute Gasteiger partial charge is 0.352 e. The molecule has 0 bridgehead atoms. The molecule has 7 heteroatoms. The summed E-state index contributed by atoms with van der Waals surface area (Å²) >= 11 is 0. The van der Waals surface area contributed by atoms with E-state index in [-0.39, 0.29) is 5.91 Å². The van der Waals surface area contributed by atoms with E-state index in [9.17, 15) is 4.79 Å². The highest BCUT2D eigenvalue weighted by Crippen LogP contribution is 2.23. The normalized spacial score (nSPS) is 15.1. The van der Waals surface area contributed by atoms with E-state index >= 15 is 0 Å². The first-order chi connectivity index (χ1) is 16.1. The number of aromatic nitrogens is 3. The van der Waals surface area contributed by atoms with Crippen molar-refractivity contribution >= 4 is 5.91 Å². The predicted octanol–water partition coefficient (Wildman–Crippen LogP) is 3.43. The summed E-state index contributed by atoms with van der Waals surface area (Å²) in [4.78, 5) is 18.3. The van der Waals surface area contributed by atoms with Crippen molar-refractivity contribution in [2.24, 2.45) is 0 Å². The smallest absolute Gasteiger partial charge is 0.256 e. The summed E-state index contributed by atoms with van der Waals surface area (Å²) in [5, 5.41) is 7.89. The highest BCUT2D eigenvalue weighted by molar-refractivity contribution is 5.98. The molecule has 0 radical (unpaired) electrons. The third-order valence-corrected chi connectivity index (χ3v) is 6.30. The molecule has 33 heavy (non-hydrogen) atoms. The Bertz CT molecular complexity index is 1050. The standard InChI is InChI=1S/C26H36N6O/c1-4-12-29-16-18-30(19-17-29)13-8-11-27-25(33)24-22(3)28-32(23-10-7-9-21(2)20-23)26(24)31-14-5-6-15-31/h5-7,9-10,14-15,20H,4,8,11-13,16-19H2,1-3H3,(H,27,33). The topological polar surface area (TPSA) is 58.3 Å². The third kappa shape index (κ3) is 5.54. The van der Waals surface area contributed by atoms with E-state index < -0.39 is 0 Å². The lowest BCUT2D eigenvalue weighted by molar-refractivity contribution is 0.0947. The van der Waals surface area contributed by atoms with Crippen LogP contribution in [0.25, 0.3) is 11.5 Å². The number of piperazine rings is 1. The molecule has 3 aromatic rings. The van der Waals surface area contributed by atoms with E-state index in [1.807, 2.05) is 52.8 Å². The molecule has 4 rings (SSSR count). The van der Waals surface area contributed by atoms with Crippen molar-refractivity contribution in [3.8, 4) is 11.5 Å². The average molecular weight is 449 g/mol.